The molecule has 0 amide bonds. The molecule has 120 valence electrons. The van der Waals surface area contributed by atoms with Gasteiger partial charge in [-0.15, -0.1) is 0 Å². The predicted molar refractivity (Wildman–Crippen MR) is 83.1 cm³/mol. The Balaban J connectivity index is 1.79. The molecule has 2 aromatic carbocycles. The Morgan fingerprint density at radius 2 is 1.65 bits per heavy atom. The predicted octanol–water partition coefficient (Wildman–Crippen LogP) is 3.25. The normalized spacial score (nSPS) is 10.2. The molecule has 0 heterocycles. The molecule has 0 saturated carbocycles. The van der Waals surface area contributed by atoms with Gasteiger partial charge in [-0.05, 0) is 61.4 Å². The Labute approximate surface area is 133 Å². The van der Waals surface area contributed by atoms with Gasteiger partial charge in [0, 0.05) is 5.56 Å². The van der Waals surface area contributed by atoms with Crippen LogP contribution in [0.5, 0.6) is 5.75 Å². The van der Waals surface area contributed by atoms with E-state index in [1.54, 1.807) is 6.07 Å². The minimum Gasteiger partial charge on any atom is -0.482 e. The average molecular weight is 316 g/mol. The molecule has 23 heavy (non-hydrogen) atoms. The van der Waals surface area contributed by atoms with E-state index in [-0.39, 0.29) is 12.2 Å². The zero-order valence-corrected chi connectivity index (χ0v) is 13.0. The van der Waals surface area contributed by atoms with E-state index in [1.807, 2.05) is 26.0 Å². The second-order valence-corrected chi connectivity index (χ2v) is 5.13. The van der Waals surface area contributed by atoms with E-state index < -0.39 is 24.2 Å². The highest BCUT2D eigenvalue weighted by Crippen LogP contribution is 2.16. The standard InChI is InChI=1S/C18H17FO4/c1-12-3-8-16(9-13(12)2)22-11-18(21)23-10-17(20)14-4-6-15(19)7-5-14/h3-9H,10-11H2,1-2H3. The SMILES string of the molecule is Cc1ccc(OCC(=O)OCC(=O)c2ccc(F)cc2)cc1C. The zero-order valence-electron chi connectivity index (χ0n) is 13.0. The molecule has 0 aliphatic heterocycles. The van der Waals surface area contributed by atoms with E-state index >= 15 is 0 Å². The average Bonchev–Trinajstić information content (AvgIpc) is 2.54. The van der Waals surface area contributed by atoms with Crippen molar-refractivity contribution in [1.29, 1.82) is 0 Å². The van der Waals surface area contributed by atoms with Gasteiger partial charge >= 0.3 is 5.97 Å². The van der Waals surface area contributed by atoms with Gasteiger partial charge in [0.15, 0.2) is 19.0 Å². The summed E-state index contributed by atoms with van der Waals surface area (Å²) in [5, 5.41) is 0. The van der Waals surface area contributed by atoms with Crippen molar-refractivity contribution in [3.8, 4) is 5.75 Å². The van der Waals surface area contributed by atoms with E-state index in [1.165, 1.54) is 24.3 Å². The Morgan fingerprint density at radius 3 is 2.30 bits per heavy atom. The number of rotatable bonds is 6. The summed E-state index contributed by atoms with van der Waals surface area (Å²) in [6.07, 6.45) is 0. The molecule has 0 atom stereocenters. The van der Waals surface area contributed by atoms with Crippen LogP contribution in [0.4, 0.5) is 4.39 Å². The first-order valence-corrected chi connectivity index (χ1v) is 7.10. The summed E-state index contributed by atoms with van der Waals surface area (Å²) in [7, 11) is 0. The molecule has 0 spiro atoms. The molecule has 2 rings (SSSR count). The summed E-state index contributed by atoms with van der Waals surface area (Å²) in [5.74, 6) is -0.904. The molecule has 0 fully saturated rings. The van der Waals surface area contributed by atoms with Crippen LogP contribution in [0.1, 0.15) is 21.5 Å². The highest BCUT2D eigenvalue weighted by molar-refractivity contribution is 5.97. The van der Waals surface area contributed by atoms with E-state index in [2.05, 4.69) is 0 Å². The first kappa shape index (κ1) is 16.7. The lowest BCUT2D eigenvalue weighted by atomic mass is 10.1. The third-order valence-corrected chi connectivity index (χ3v) is 3.37. The summed E-state index contributed by atoms with van der Waals surface area (Å²) < 4.78 is 22.9. The second kappa shape index (κ2) is 7.54. The molecule has 0 aliphatic rings. The Morgan fingerprint density at radius 1 is 0.957 bits per heavy atom. The van der Waals surface area contributed by atoms with Gasteiger partial charge < -0.3 is 9.47 Å². The number of halogens is 1. The smallest absolute Gasteiger partial charge is 0.344 e. The Bertz CT molecular complexity index is 707. The molecule has 0 aliphatic carbocycles. The van der Waals surface area contributed by atoms with Crippen molar-refractivity contribution in [1.82, 2.24) is 0 Å². The Hall–Kier alpha value is -2.69. The number of Topliss-reactive ketones (excluding diaryl/α,β-unsaturated/α-hetero) is 1. The second-order valence-electron chi connectivity index (χ2n) is 5.13. The van der Waals surface area contributed by atoms with Gasteiger partial charge in [-0.1, -0.05) is 6.07 Å². The van der Waals surface area contributed by atoms with Gasteiger partial charge in [0.05, 0.1) is 0 Å². The molecule has 0 aromatic heterocycles. The number of aryl methyl sites for hydroxylation is 2. The molecule has 4 nitrogen and oxygen atoms in total. The van der Waals surface area contributed by atoms with Gasteiger partial charge in [0.2, 0.25) is 0 Å². The van der Waals surface area contributed by atoms with Gasteiger partial charge in [-0.2, -0.15) is 0 Å². The van der Waals surface area contributed by atoms with Crippen molar-refractivity contribution < 1.29 is 23.5 Å². The van der Waals surface area contributed by atoms with Gasteiger partial charge in [0.1, 0.15) is 11.6 Å². The highest BCUT2D eigenvalue weighted by atomic mass is 19.1. The van der Waals surface area contributed by atoms with E-state index in [9.17, 15) is 14.0 Å². The molecular formula is C18H17FO4. The van der Waals surface area contributed by atoms with Crippen molar-refractivity contribution in [2.45, 2.75) is 13.8 Å². The lowest BCUT2D eigenvalue weighted by molar-refractivity contribution is -0.144. The summed E-state index contributed by atoms with van der Waals surface area (Å²) in [6, 6.07) is 10.5. The maximum Gasteiger partial charge on any atom is 0.344 e. The van der Waals surface area contributed by atoms with Crippen LogP contribution < -0.4 is 4.74 Å². The van der Waals surface area contributed by atoms with Gasteiger partial charge in [-0.3, -0.25) is 4.79 Å². The summed E-state index contributed by atoms with van der Waals surface area (Å²) in [5.41, 5.74) is 2.47. The van der Waals surface area contributed by atoms with Crippen molar-refractivity contribution in [3.63, 3.8) is 0 Å². The summed E-state index contributed by atoms with van der Waals surface area (Å²) in [4.78, 5) is 23.4. The summed E-state index contributed by atoms with van der Waals surface area (Å²) in [6.45, 7) is 3.25. The van der Waals surface area contributed by atoms with Crippen molar-refractivity contribution in [2.24, 2.45) is 0 Å². The number of hydrogen-bond donors (Lipinski definition) is 0. The monoisotopic (exact) mass is 316 g/mol. The number of ether oxygens (including phenoxy) is 2. The Kier molecular flexibility index (Phi) is 5.46. The maximum atomic E-state index is 12.8. The maximum absolute atomic E-state index is 12.8. The largest absolute Gasteiger partial charge is 0.482 e. The molecular weight excluding hydrogens is 299 g/mol. The fourth-order valence-corrected chi connectivity index (χ4v) is 1.85. The first-order chi connectivity index (χ1) is 11.0. The van der Waals surface area contributed by atoms with E-state index in [0.717, 1.165) is 11.1 Å². The number of carbonyl (C=O) groups excluding carboxylic acids is 2. The molecule has 0 bridgehead atoms. The van der Waals surface area contributed by atoms with Crippen LogP contribution in [-0.4, -0.2) is 25.0 Å². The van der Waals surface area contributed by atoms with E-state index in [4.69, 9.17) is 9.47 Å². The van der Waals surface area contributed by atoms with Crippen LogP contribution in [0.2, 0.25) is 0 Å². The molecule has 0 radical (unpaired) electrons. The lowest BCUT2D eigenvalue weighted by Crippen LogP contribution is -2.19. The van der Waals surface area contributed by atoms with Crippen LogP contribution in [0.25, 0.3) is 0 Å². The topological polar surface area (TPSA) is 52.6 Å². The zero-order chi connectivity index (χ0) is 16.8. The third kappa shape index (κ3) is 4.92. The van der Waals surface area contributed by atoms with Gasteiger partial charge in [0.25, 0.3) is 0 Å². The number of ketones is 1. The highest BCUT2D eigenvalue weighted by Gasteiger charge is 2.11. The third-order valence-electron chi connectivity index (χ3n) is 3.37. The van der Waals surface area contributed by atoms with Crippen molar-refractivity contribution in [2.75, 3.05) is 13.2 Å². The van der Waals surface area contributed by atoms with Gasteiger partial charge in [-0.25, -0.2) is 9.18 Å². The summed E-state index contributed by atoms with van der Waals surface area (Å²) >= 11 is 0. The quantitative estimate of drug-likeness (QED) is 0.606. The minimum absolute atomic E-state index is 0.279. The molecule has 0 saturated heterocycles. The molecule has 5 heteroatoms. The van der Waals surface area contributed by atoms with Crippen LogP contribution in [0.3, 0.4) is 0 Å². The van der Waals surface area contributed by atoms with Crippen LogP contribution in [0.15, 0.2) is 42.5 Å². The number of hydrogen-bond acceptors (Lipinski definition) is 4. The molecule has 0 N–H and O–H groups in total. The van der Waals surface area contributed by atoms with Crippen LogP contribution >= 0.6 is 0 Å². The fraction of sp³-hybridized carbons (Fsp3) is 0.222. The van der Waals surface area contributed by atoms with Crippen LogP contribution in [-0.2, 0) is 9.53 Å². The number of esters is 1. The molecule has 2 aromatic rings. The van der Waals surface area contributed by atoms with E-state index in [0.29, 0.717) is 5.75 Å². The minimum atomic E-state index is -0.640. The first-order valence-electron chi connectivity index (χ1n) is 7.10. The fourth-order valence-electron chi connectivity index (χ4n) is 1.85. The lowest BCUT2D eigenvalue weighted by Gasteiger charge is -2.08. The van der Waals surface area contributed by atoms with Crippen LogP contribution in [0, 0.1) is 19.7 Å². The number of benzene rings is 2. The van der Waals surface area contributed by atoms with Crippen molar-refractivity contribution >= 4 is 11.8 Å². The number of carbonyl (C=O) groups is 2. The van der Waals surface area contributed by atoms with Crippen molar-refractivity contribution in [3.05, 3.63) is 65.0 Å². The molecule has 0 unspecified atom stereocenters.